The lowest BCUT2D eigenvalue weighted by molar-refractivity contribution is 0.111. The van der Waals surface area contributed by atoms with Crippen LogP contribution in [0.5, 0.6) is 5.75 Å². The van der Waals surface area contributed by atoms with Crippen molar-refractivity contribution in [3.05, 3.63) is 138 Å². The number of nitrogens with one attached hydrogen (secondary N) is 1. The number of hydrogen-bond donors (Lipinski definition) is 2. The lowest BCUT2D eigenvalue weighted by Crippen LogP contribution is -2.07. The van der Waals surface area contributed by atoms with Crippen LogP contribution in [0.25, 0.3) is 27.7 Å². The zero-order valence-electron chi connectivity index (χ0n) is 26.3. The van der Waals surface area contributed by atoms with E-state index in [1.54, 1.807) is 19.1 Å². The molecule has 0 amide bonds. The van der Waals surface area contributed by atoms with Crippen LogP contribution in [0, 0.1) is 0 Å². The van der Waals surface area contributed by atoms with Gasteiger partial charge in [0.2, 0.25) is 0 Å². The summed E-state index contributed by atoms with van der Waals surface area (Å²) in [5, 5.41) is 8.47. The van der Waals surface area contributed by atoms with Gasteiger partial charge in [0.05, 0.1) is 18.0 Å². The van der Waals surface area contributed by atoms with Crippen molar-refractivity contribution in [2.45, 2.75) is 18.7 Å². The van der Waals surface area contributed by atoms with Gasteiger partial charge in [0.15, 0.2) is 11.5 Å². The maximum atomic E-state index is 12.4. The molecule has 2 N–H and O–H groups in total. The third kappa shape index (κ3) is 6.49. The van der Waals surface area contributed by atoms with Gasteiger partial charge in [-0.05, 0) is 78.6 Å². The summed E-state index contributed by atoms with van der Waals surface area (Å²) in [4.78, 5) is 4.98. The van der Waals surface area contributed by atoms with Gasteiger partial charge in [-0.15, -0.1) is 0 Å². The van der Waals surface area contributed by atoms with Crippen molar-refractivity contribution >= 4 is 43.7 Å². The van der Waals surface area contributed by atoms with Crippen LogP contribution in [0.4, 0.5) is 11.4 Å². The first-order valence-corrected chi connectivity index (χ1v) is 16.8. The van der Waals surface area contributed by atoms with Crippen LogP contribution in [0.1, 0.15) is 25.0 Å². The molecule has 8 nitrogen and oxygen atoms in total. The third-order valence-electron chi connectivity index (χ3n) is 7.85. The van der Waals surface area contributed by atoms with E-state index >= 15 is 0 Å². The number of rotatable bonds is 10. The normalized spacial score (nSPS) is 12.8. The Kier molecular flexibility index (Phi) is 9.10. The smallest absolute Gasteiger partial charge is 0.337 e. The molecular formula is C38H35N3O5S+. The summed E-state index contributed by atoms with van der Waals surface area (Å²) >= 11 is 0. The van der Waals surface area contributed by atoms with E-state index in [2.05, 4.69) is 52.4 Å². The topological polar surface area (TPSA) is 104 Å². The maximum absolute atomic E-state index is 12.4. The summed E-state index contributed by atoms with van der Waals surface area (Å²) in [6.45, 7) is 4.38. The molecule has 1 heterocycles. The van der Waals surface area contributed by atoms with E-state index in [1.807, 2.05) is 79.8 Å². The molecule has 5 aromatic rings. The highest BCUT2D eigenvalue weighted by atomic mass is 32.2. The number of anilines is 2. The summed E-state index contributed by atoms with van der Waals surface area (Å²) < 4.78 is 42.5. The van der Waals surface area contributed by atoms with Crippen molar-refractivity contribution in [2.75, 3.05) is 18.5 Å². The first-order valence-electron chi connectivity index (χ1n) is 15.3. The Morgan fingerprint density at radius 3 is 2.21 bits per heavy atom. The molecule has 0 bridgehead atoms. The molecule has 0 spiro atoms. The molecule has 9 heteroatoms. The van der Waals surface area contributed by atoms with Gasteiger partial charge in [-0.2, -0.15) is 8.42 Å². The zero-order valence-corrected chi connectivity index (χ0v) is 27.2. The minimum atomic E-state index is -4.57. The predicted octanol–water partition coefficient (Wildman–Crippen LogP) is 7.89. The molecule has 0 aliphatic heterocycles. The summed E-state index contributed by atoms with van der Waals surface area (Å²) in [6, 6.07) is 31.3. The molecule has 237 valence electrons. The molecule has 0 fully saturated rings. The number of oxime groups is 1. The summed E-state index contributed by atoms with van der Waals surface area (Å²) in [5.74, 6) is 0.0798. The number of ether oxygens (including phenoxy) is 1. The number of fused-ring (bicyclic) bond motifs is 1. The third-order valence-corrected chi connectivity index (χ3v) is 8.79. The largest absolute Gasteiger partial charge is 0.492 e. The van der Waals surface area contributed by atoms with E-state index in [4.69, 9.17) is 9.57 Å². The molecular weight excluding hydrogens is 611 g/mol. The fourth-order valence-electron chi connectivity index (χ4n) is 5.89. The van der Waals surface area contributed by atoms with E-state index < -0.39 is 10.1 Å². The SMILES string of the molecule is CCO[N+]=C1C=CC(=C(c2ccc(Nc3cccc(OCC)c3S(=O)(=O)O)cc2)c2c(-c3ccccc3)n(C)c3ccccc23)C=C1. The van der Waals surface area contributed by atoms with Crippen molar-refractivity contribution in [3.63, 3.8) is 0 Å². The second-order valence-corrected chi connectivity index (χ2v) is 12.2. The Balaban J connectivity index is 1.52. The van der Waals surface area contributed by atoms with Crippen molar-refractivity contribution in [3.8, 4) is 17.0 Å². The minimum absolute atomic E-state index is 0.0798. The molecule has 6 rings (SSSR count). The number of aromatic nitrogens is 1. The summed E-state index contributed by atoms with van der Waals surface area (Å²) in [6.07, 6.45) is 7.98. The van der Waals surface area contributed by atoms with Gasteiger partial charge in [-0.3, -0.25) is 4.55 Å². The van der Waals surface area contributed by atoms with E-state index in [0.717, 1.165) is 50.1 Å². The lowest BCUT2D eigenvalue weighted by atomic mass is 9.87. The van der Waals surface area contributed by atoms with Crippen LogP contribution in [0.15, 0.2) is 132 Å². The Hall–Kier alpha value is -5.38. The van der Waals surface area contributed by atoms with Gasteiger partial charge in [0.25, 0.3) is 15.3 Å². The van der Waals surface area contributed by atoms with Crippen LogP contribution < -0.4 is 15.2 Å². The average Bonchev–Trinajstić information content (AvgIpc) is 3.37. The Labute approximate surface area is 274 Å². The van der Waals surface area contributed by atoms with Crippen LogP contribution >= 0.6 is 0 Å². The molecule has 1 aliphatic carbocycles. The Morgan fingerprint density at radius 1 is 0.830 bits per heavy atom. The molecule has 1 aliphatic rings. The minimum Gasteiger partial charge on any atom is -0.492 e. The first kappa shape index (κ1) is 31.6. The van der Waals surface area contributed by atoms with E-state index in [1.165, 1.54) is 6.07 Å². The quantitative estimate of drug-likeness (QED) is 0.118. The summed E-state index contributed by atoms with van der Waals surface area (Å²) in [5.41, 5.74) is 8.90. The molecule has 0 saturated heterocycles. The highest BCUT2D eigenvalue weighted by molar-refractivity contribution is 7.86. The molecule has 1 radical (unpaired) electrons. The van der Waals surface area contributed by atoms with Crippen LogP contribution in [-0.4, -0.2) is 36.5 Å². The molecule has 1 aromatic heterocycles. The van der Waals surface area contributed by atoms with Gasteiger partial charge in [-0.1, -0.05) is 66.7 Å². The molecule has 4 aromatic carbocycles. The van der Waals surface area contributed by atoms with E-state index in [-0.39, 0.29) is 22.9 Å². The van der Waals surface area contributed by atoms with Crippen LogP contribution in [0.2, 0.25) is 0 Å². The van der Waals surface area contributed by atoms with Crippen molar-refractivity contribution in [2.24, 2.45) is 7.05 Å². The standard InChI is InChI=1S/C38H35N3O5S/c1-4-45-34-17-11-15-32(38(34)47(42,43)44)39-29-22-18-26(19-23-29)35(27-20-24-30(25-21-27)40-46-5-2)36-31-14-9-10-16-33(31)41(3)37(36)28-12-7-6-8-13-28/h6-25,39H,4-5H2,1-3H3,(H,42,43,44)/q+1. The van der Waals surface area contributed by atoms with Gasteiger partial charge in [0, 0.05) is 41.4 Å². The predicted molar refractivity (Wildman–Crippen MR) is 189 cm³/mol. The van der Waals surface area contributed by atoms with Crippen LogP contribution in [0.3, 0.4) is 0 Å². The second kappa shape index (κ2) is 13.5. The number of benzene rings is 4. The van der Waals surface area contributed by atoms with Crippen molar-refractivity contribution < 1.29 is 22.5 Å². The first-order chi connectivity index (χ1) is 22.8. The Morgan fingerprint density at radius 2 is 1.53 bits per heavy atom. The maximum Gasteiger partial charge on any atom is 0.337 e. The van der Waals surface area contributed by atoms with Crippen molar-refractivity contribution in [1.29, 1.82) is 0 Å². The average molecular weight is 646 g/mol. The van der Waals surface area contributed by atoms with Crippen LogP contribution in [-0.2, 0) is 22.0 Å². The molecule has 0 unspecified atom stereocenters. The Bertz CT molecular complexity index is 2140. The van der Waals surface area contributed by atoms with E-state index in [9.17, 15) is 13.0 Å². The monoisotopic (exact) mass is 645 g/mol. The fraction of sp³-hybridized carbons (Fsp3) is 0.132. The zero-order chi connectivity index (χ0) is 33.0. The number of hydrogen-bond acceptors (Lipinski definition) is 6. The fourth-order valence-corrected chi connectivity index (χ4v) is 6.67. The molecule has 47 heavy (non-hydrogen) atoms. The number of allylic oxidation sites excluding steroid dienone is 5. The highest BCUT2D eigenvalue weighted by Crippen LogP contribution is 2.43. The molecule has 0 saturated carbocycles. The highest BCUT2D eigenvalue weighted by Gasteiger charge is 2.25. The van der Waals surface area contributed by atoms with Gasteiger partial charge in [0.1, 0.15) is 5.75 Å². The summed E-state index contributed by atoms with van der Waals surface area (Å²) in [7, 11) is -2.48. The number of nitrogens with zero attached hydrogens (tertiary/aromatic N) is 2. The molecule has 0 atom stereocenters. The van der Waals surface area contributed by atoms with E-state index in [0.29, 0.717) is 12.3 Å². The number of aryl methyl sites for hydroxylation is 1. The second-order valence-electron chi connectivity index (χ2n) is 10.8. The van der Waals surface area contributed by atoms with Crippen molar-refractivity contribution in [1.82, 2.24) is 9.72 Å². The van der Waals surface area contributed by atoms with Gasteiger partial charge in [-0.25, -0.2) is 4.84 Å². The number of para-hydroxylation sites is 1. The van der Waals surface area contributed by atoms with Gasteiger partial charge < -0.3 is 14.6 Å². The van der Waals surface area contributed by atoms with Gasteiger partial charge >= 0.3 is 5.71 Å². The lowest BCUT2D eigenvalue weighted by Gasteiger charge is -2.17.